The van der Waals surface area contributed by atoms with Crippen LogP contribution in [0.5, 0.6) is 0 Å². The van der Waals surface area contributed by atoms with Crippen molar-refractivity contribution in [1.82, 2.24) is 19.1 Å². The fourth-order valence-electron chi connectivity index (χ4n) is 18.2. The van der Waals surface area contributed by atoms with Gasteiger partial charge in [-0.15, -0.1) is 0 Å². The Kier molecular flexibility index (Phi) is 16.6. The van der Waals surface area contributed by atoms with Crippen LogP contribution < -0.4 is 16.4 Å². The van der Waals surface area contributed by atoms with Gasteiger partial charge in [0.2, 0.25) is 0 Å². The second-order valence-electron chi connectivity index (χ2n) is 36.2. The van der Waals surface area contributed by atoms with Gasteiger partial charge in [-0.2, -0.15) is 0 Å². The van der Waals surface area contributed by atoms with Gasteiger partial charge in [0.05, 0.1) is 22.4 Å². The fourth-order valence-corrected chi connectivity index (χ4v) is 18.2. The molecule has 4 nitrogen and oxygen atoms in total. The van der Waals surface area contributed by atoms with E-state index in [4.69, 9.17) is 9.97 Å². The first-order valence-electron chi connectivity index (χ1n) is 40.8. The van der Waals surface area contributed by atoms with E-state index in [1.165, 1.54) is 116 Å². The second kappa shape index (κ2) is 26.9. The zero-order valence-corrected chi connectivity index (χ0v) is 67.6. The minimum absolute atomic E-state index is 0.118. The summed E-state index contributed by atoms with van der Waals surface area (Å²) in [6, 6.07) is 126. The predicted octanol–water partition coefficient (Wildman–Crippen LogP) is 27.3. The zero-order valence-electron chi connectivity index (χ0n) is 67.6. The molecule has 0 saturated heterocycles. The van der Waals surface area contributed by atoms with Crippen LogP contribution in [0.25, 0.3) is 178 Å². The van der Waals surface area contributed by atoms with Crippen molar-refractivity contribution >= 4 is 66.7 Å². The predicted molar refractivity (Wildman–Crippen MR) is 490 cm³/mol. The van der Waals surface area contributed by atoms with Crippen LogP contribution in [0.15, 0.2) is 334 Å². The van der Waals surface area contributed by atoms with Crippen molar-refractivity contribution in [3.05, 3.63) is 356 Å². The van der Waals surface area contributed by atoms with Crippen LogP contribution in [0.4, 0.5) is 0 Å². The summed E-state index contributed by atoms with van der Waals surface area (Å²) in [5, 5.41) is 4.92. The molecule has 0 amide bonds. The van der Waals surface area contributed by atoms with E-state index in [2.05, 4.69) is 426 Å². The van der Waals surface area contributed by atoms with Crippen molar-refractivity contribution < 1.29 is 0 Å². The van der Waals surface area contributed by atoms with Crippen molar-refractivity contribution in [2.45, 2.75) is 105 Å². The van der Waals surface area contributed by atoms with Gasteiger partial charge >= 0.3 is 0 Å². The van der Waals surface area contributed by atoms with Gasteiger partial charge in [-0.05, 0) is 228 Å². The van der Waals surface area contributed by atoms with E-state index < -0.39 is 0 Å². The standard InChI is InChI=1S/C110H91BN4/c1-107(2,3)85-57-80(58-86(65-85)108(4,5)6)89-45-47-93-104-101(89)91-61-74(68-31-19-13-20-32-68)43-49-97(91)114(104)99-63-83(64-100-103(99)111(93)94-48-46-90(81-59-87(109(7,8)9)66-88(60-81)110(10,11)12)102-92-62-75(69-33-21-14-22-34-69)44-50-98(92)115(100)105(94)102)96-67-95(82-53-76(70-35-23-15-24-36-70)51-77(54-82)71-37-25-16-26-38-71)112-106(113-96)84-55-78(72-39-27-17-28-40-72)52-79(56-84)73-41-29-18-30-42-73/h13-67H,1-12H3. The summed E-state index contributed by atoms with van der Waals surface area (Å²) < 4.78 is 5.34. The molecule has 15 aromatic carbocycles. The zero-order chi connectivity index (χ0) is 78.6. The first-order chi connectivity index (χ1) is 55.5. The number of rotatable bonds is 11. The van der Waals surface area contributed by atoms with Crippen LogP contribution in [0.2, 0.25) is 0 Å². The third-order valence-corrected chi connectivity index (χ3v) is 24.4. The Morgan fingerprint density at radius 2 is 0.530 bits per heavy atom. The molecule has 0 radical (unpaired) electrons. The van der Waals surface area contributed by atoms with Gasteiger partial charge in [0.1, 0.15) is 0 Å². The largest absolute Gasteiger partial charge is 0.310 e. The topological polar surface area (TPSA) is 35.6 Å². The van der Waals surface area contributed by atoms with Gasteiger partial charge in [-0.25, -0.2) is 9.97 Å². The van der Waals surface area contributed by atoms with Crippen LogP contribution in [-0.2, 0) is 21.7 Å². The highest BCUT2D eigenvalue weighted by atomic mass is 15.0. The molecule has 5 heteroatoms. The van der Waals surface area contributed by atoms with Crippen LogP contribution >= 0.6 is 0 Å². The summed E-state index contributed by atoms with van der Waals surface area (Å²) in [7, 11) is 0. The monoisotopic (exact) mass is 1480 g/mol. The number of nitrogens with zero attached hydrogens (tertiary/aromatic N) is 4. The lowest BCUT2D eigenvalue weighted by Crippen LogP contribution is -2.59. The summed E-state index contributed by atoms with van der Waals surface area (Å²) in [4.78, 5) is 11.9. The first-order valence-corrected chi connectivity index (χ1v) is 40.8. The average Bonchev–Trinajstić information content (AvgIpc) is 1.53. The van der Waals surface area contributed by atoms with Crippen molar-refractivity contribution in [2.24, 2.45) is 0 Å². The molecular weight excluding hydrogens is 1390 g/mol. The molecule has 115 heavy (non-hydrogen) atoms. The number of benzene rings is 15. The number of hydrogen-bond donors (Lipinski definition) is 0. The number of fused-ring (bicyclic) bond motifs is 10. The molecule has 20 rings (SSSR count). The van der Waals surface area contributed by atoms with Crippen molar-refractivity contribution in [3.8, 4) is 134 Å². The fraction of sp³-hybridized carbons (Fsp3) is 0.145. The smallest absolute Gasteiger partial charge is 0.252 e. The minimum atomic E-state index is -0.203. The summed E-state index contributed by atoms with van der Waals surface area (Å²) in [5.41, 5.74) is 38.7. The van der Waals surface area contributed by atoms with Crippen LogP contribution in [0.3, 0.4) is 0 Å². The lowest BCUT2D eigenvalue weighted by molar-refractivity contribution is 0.568. The summed E-state index contributed by atoms with van der Waals surface area (Å²) in [6.45, 7) is 28.1. The maximum Gasteiger partial charge on any atom is 0.252 e. The van der Waals surface area contributed by atoms with Crippen LogP contribution in [0.1, 0.15) is 105 Å². The van der Waals surface area contributed by atoms with Gasteiger partial charge in [-0.3, -0.25) is 0 Å². The summed E-state index contributed by atoms with van der Waals surface area (Å²) in [6.07, 6.45) is 0. The van der Waals surface area contributed by atoms with Crippen LogP contribution in [-0.4, -0.2) is 25.8 Å². The number of hydrogen-bond acceptors (Lipinski definition) is 2. The maximum atomic E-state index is 6.06. The van der Waals surface area contributed by atoms with E-state index in [0.717, 1.165) is 95.0 Å². The minimum Gasteiger partial charge on any atom is -0.310 e. The van der Waals surface area contributed by atoms with Crippen LogP contribution in [0, 0.1) is 0 Å². The molecule has 0 aliphatic carbocycles. The van der Waals surface area contributed by atoms with Gasteiger partial charge in [0, 0.05) is 60.6 Å². The molecule has 3 aromatic heterocycles. The molecule has 0 saturated carbocycles. The highest BCUT2D eigenvalue weighted by Crippen LogP contribution is 2.50. The first kappa shape index (κ1) is 71.1. The lowest BCUT2D eigenvalue weighted by Gasteiger charge is -2.34. The Labute approximate surface area is 676 Å². The molecule has 554 valence electrons. The molecule has 5 heterocycles. The van der Waals surface area contributed by atoms with E-state index in [9.17, 15) is 0 Å². The van der Waals surface area contributed by atoms with Gasteiger partial charge < -0.3 is 9.13 Å². The third kappa shape index (κ3) is 12.4. The van der Waals surface area contributed by atoms with E-state index in [0.29, 0.717) is 5.82 Å². The molecule has 2 aliphatic rings. The Bertz CT molecular complexity index is 6350. The highest BCUT2D eigenvalue weighted by molar-refractivity contribution is 7.00. The molecule has 0 spiro atoms. The molecule has 18 aromatic rings. The van der Waals surface area contributed by atoms with E-state index in [1.807, 2.05) is 0 Å². The van der Waals surface area contributed by atoms with E-state index in [1.54, 1.807) is 0 Å². The Morgan fingerprint density at radius 3 is 0.852 bits per heavy atom. The second-order valence-corrected chi connectivity index (χ2v) is 36.2. The van der Waals surface area contributed by atoms with Crippen molar-refractivity contribution in [1.29, 1.82) is 0 Å². The molecule has 0 fully saturated rings. The summed E-state index contributed by atoms with van der Waals surface area (Å²) in [5.74, 6) is 0.631. The molecule has 0 bridgehead atoms. The van der Waals surface area contributed by atoms with Gasteiger partial charge in [-0.1, -0.05) is 338 Å². The summed E-state index contributed by atoms with van der Waals surface area (Å²) >= 11 is 0. The van der Waals surface area contributed by atoms with Crippen molar-refractivity contribution in [2.75, 3.05) is 0 Å². The molecule has 0 atom stereocenters. The quantitative estimate of drug-likeness (QED) is 0.121. The molecule has 2 aliphatic heterocycles. The van der Waals surface area contributed by atoms with Gasteiger partial charge in [0.15, 0.2) is 5.82 Å². The Hall–Kier alpha value is -13.0. The van der Waals surface area contributed by atoms with E-state index >= 15 is 0 Å². The lowest BCUT2D eigenvalue weighted by atomic mass is 9.34. The van der Waals surface area contributed by atoms with Crippen molar-refractivity contribution in [3.63, 3.8) is 0 Å². The average molecular weight is 1480 g/mol. The molecular formula is C110H91BN4. The maximum absolute atomic E-state index is 6.06. The highest BCUT2D eigenvalue weighted by Gasteiger charge is 2.43. The SMILES string of the molecule is CC(C)(C)c1cc(-c2ccc3c4c2c2cc(-c5ccccc5)ccc2n4-c2cc(-c4cc(-c5cc(-c6ccccc6)cc(-c6ccccc6)c5)nc(-c5cc(-c6ccccc6)cc(-c6ccccc6)c5)n4)cc4c2B3c2ccc(-c3cc(C(C)(C)C)cc(C(C)(C)C)c3)c3c5cc(-c6ccccc6)ccc5n-4c23)cc(C(C)(C)C)c1. The Morgan fingerprint density at radius 1 is 0.235 bits per heavy atom. The number of aromatic nitrogens is 4. The molecule has 0 N–H and O–H groups in total. The Balaban J connectivity index is 0.949. The van der Waals surface area contributed by atoms with E-state index in [-0.39, 0.29) is 28.4 Å². The molecule has 0 unspecified atom stereocenters. The normalized spacial score (nSPS) is 12.7. The van der Waals surface area contributed by atoms with Gasteiger partial charge in [0.25, 0.3) is 6.71 Å². The third-order valence-electron chi connectivity index (χ3n) is 24.4.